The van der Waals surface area contributed by atoms with Crippen molar-refractivity contribution >= 4 is 17.4 Å². The Kier molecular flexibility index (Phi) is 4.61. The molecule has 1 aliphatic heterocycles. The maximum atomic E-state index is 10.9. The van der Waals surface area contributed by atoms with Gasteiger partial charge in [-0.25, -0.2) is 0 Å². The minimum Gasteiger partial charge on any atom is -0.388 e. The molecule has 5 atom stereocenters. The highest BCUT2D eigenvalue weighted by Crippen LogP contribution is 2.37. The van der Waals surface area contributed by atoms with Crippen LogP contribution in [0.5, 0.6) is 0 Å². The monoisotopic (exact) mass is 301 g/mol. The van der Waals surface area contributed by atoms with Gasteiger partial charge in [0, 0.05) is 6.07 Å². The summed E-state index contributed by atoms with van der Waals surface area (Å²) in [6.07, 6.45) is -4.54. The first-order valence-corrected chi connectivity index (χ1v) is 6.89. The number of nitro benzene ring substituents is 1. The van der Waals surface area contributed by atoms with E-state index in [2.05, 4.69) is 0 Å². The van der Waals surface area contributed by atoms with Crippen molar-refractivity contribution in [3.05, 3.63) is 34.4 Å². The molecule has 8 heteroatoms. The van der Waals surface area contributed by atoms with Crippen LogP contribution in [-0.2, 0) is 4.74 Å². The van der Waals surface area contributed by atoms with Gasteiger partial charge in [0.2, 0.25) is 0 Å². The predicted molar refractivity (Wildman–Crippen MR) is 71.3 cm³/mol. The van der Waals surface area contributed by atoms with Crippen LogP contribution in [0, 0.1) is 10.1 Å². The summed E-state index contributed by atoms with van der Waals surface area (Å²) >= 11 is 0.952. The van der Waals surface area contributed by atoms with E-state index < -0.39 is 34.8 Å². The zero-order chi connectivity index (χ0) is 14.9. The SMILES string of the molecule is C[C@H]1O[C@@H](Sc2ccccc2[N+](=O)[O-])[C@@H](O)[C@@H](O)[C@@H]1O. The van der Waals surface area contributed by atoms with E-state index in [4.69, 9.17) is 4.74 Å². The Morgan fingerprint density at radius 3 is 2.50 bits per heavy atom. The Morgan fingerprint density at radius 1 is 1.20 bits per heavy atom. The van der Waals surface area contributed by atoms with E-state index in [1.54, 1.807) is 25.1 Å². The fourth-order valence-corrected chi connectivity index (χ4v) is 3.15. The normalized spacial score (nSPS) is 33.9. The van der Waals surface area contributed by atoms with Crippen molar-refractivity contribution in [1.82, 2.24) is 0 Å². The zero-order valence-corrected chi connectivity index (χ0v) is 11.4. The van der Waals surface area contributed by atoms with Gasteiger partial charge in [0.05, 0.1) is 15.9 Å². The fraction of sp³-hybridized carbons (Fsp3) is 0.500. The van der Waals surface area contributed by atoms with Crippen LogP contribution >= 0.6 is 11.8 Å². The molecule has 0 bridgehead atoms. The van der Waals surface area contributed by atoms with Crippen LogP contribution in [-0.4, -0.2) is 50.1 Å². The van der Waals surface area contributed by atoms with Crippen LogP contribution in [0.1, 0.15) is 6.92 Å². The number of thioether (sulfide) groups is 1. The lowest BCUT2D eigenvalue weighted by Crippen LogP contribution is -2.55. The molecule has 1 aliphatic rings. The second-order valence-corrected chi connectivity index (χ2v) is 5.66. The van der Waals surface area contributed by atoms with E-state index in [1.165, 1.54) is 6.07 Å². The summed E-state index contributed by atoms with van der Waals surface area (Å²) in [5, 5.41) is 40.1. The summed E-state index contributed by atoms with van der Waals surface area (Å²) in [5.41, 5.74) is -0.980. The van der Waals surface area contributed by atoms with Gasteiger partial charge in [-0.15, -0.1) is 0 Å². The molecule has 0 aliphatic carbocycles. The lowest BCUT2D eigenvalue weighted by atomic mass is 10.0. The average molecular weight is 301 g/mol. The van der Waals surface area contributed by atoms with Gasteiger partial charge in [-0.1, -0.05) is 23.9 Å². The third-order valence-electron chi connectivity index (χ3n) is 3.11. The number of aliphatic hydroxyl groups is 3. The van der Waals surface area contributed by atoms with Crippen LogP contribution in [0.3, 0.4) is 0 Å². The molecule has 2 rings (SSSR count). The van der Waals surface area contributed by atoms with Crippen molar-refractivity contribution in [2.75, 3.05) is 0 Å². The molecule has 0 unspecified atom stereocenters. The number of para-hydroxylation sites is 1. The van der Waals surface area contributed by atoms with Gasteiger partial charge in [0.1, 0.15) is 23.7 Å². The molecule has 0 radical (unpaired) electrons. The smallest absolute Gasteiger partial charge is 0.282 e. The molecule has 1 aromatic rings. The largest absolute Gasteiger partial charge is 0.388 e. The van der Waals surface area contributed by atoms with Gasteiger partial charge in [0.25, 0.3) is 5.69 Å². The molecule has 0 aromatic heterocycles. The lowest BCUT2D eigenvalue weighted by Gasteiger charge is -2.38. The van der Waals surface area contributed by atoms with Crippen molar-refractivity contribution in [2.45, 2.75) is 41.7 Å². The number of hydrogen-bond acceptors (Lipinski definition) is 7. The summed E-state index contributed by atoms with van der Waals surface area (Å²) in [7, 11) is 0. The summed E-state index contributed by atoms with van der Waals surface area (Å²) in [6.45, 7) is 1.56. The molecule has 110 valence electrons. The van der Waals surface area contributed by atoms with E-state index in [0.717, 1.165) is 11.8 Å². The Morgan fingerprint density at radius 2 is 1.85 bits per heavy atom. The van der Waals surface area contributed by atoms with E-state index >= 15 is 0 Å². The highest BCUT2D eigenvalue weighted by atomic mass is 32.2. The predicted octanol–water partition coefficient (Wildman–Crippen LogP) is 0.514. The molecule has 3 N–H and O–H groups in total. The van der Waals surface area contributed by atoms with Crippen LogP contribution < -0.4 is 0 Å². The summed E-state index contributed by atoms with van der Waals surface area (Å²) in [5.74, 6) is 0. The topological polar surface area (TPSA) is 113 Å². The number of rotatable bonds is 3. The number of aliphatic hydroxyl groups excluding tert-OH is 3. The minimum absolute atomic E-state index is 0.0958. The molecule has 1 fully saturated rings. The summed E-state index contributed by atoms with van der Waals surface area (Å²) < 4.78 is 5.40. The van der Waals surface area contributed by atoms with Gasteiger partial charge >= 0.3 is 0 Å². The van der Waals surface area contributed by atoms with Gasteiger partial charge in [0.15, 0.2) is 0 Å². The highest BCUT2D eigenvalue weighted by Gasteiger charge is 2.42. The van der Waals surface area contributed by atoms with E-state index in [1.807, 2.05) is 0 Å². The molecule has 0 amide bonds. The standard InChI is InChI=1S/C12H15NO6S/c1-6-9(14)10(15)11(16)12(19-6)20-8-5-3-2-4-7(8)13(17)18/h2-6,9-12,14-16H,1H3/t6-,9-,10+,11+,12+/m1/s1. The van der Waals surface area contributed by atoms with Gasteiger partial charge in [-0.3, -0.25) is 10.1 Å². The van der Waals surface area contributed by atoms with E-state index in [0.29, 0.717) is 4.90 Å². The van der Waals surface area contributed by atoms with Crippen molar-refractivity contribution in [3.8, 4) is 0 Å². The quantitative estimate of drug-likeness (QED) is 0.551. The van der Waals surface area contributed by atoms with Gasteiger partial charge in [-0.2, -0.15) is 0 Å². The lowest BCUT2D eigenvalue weighted by molar-refractivity contribution is -0.387. The third-order valence-corrected chi connectivity index (χ3v) is 4.33. The fourth-order valence-electron chi connectivity index (χ4n) is 1.94. The van der Waals surface area contributed by atoms with Crippen LogP contribution in [0.25, 0.3) is 0 Å². The average Bonchev–Trinajstić information content (AvgIpc) is 2.43. The summed E-state index contributed by atoms with van der Waals surface area (Å²) in [6, 6.07) is 6.08. The van der Waals surface area contributed by atoms with Crippen molar-refractivity contribution in [2.24, 2.45) is 0 Å². The maximum Gasteiger partial charge on any atom is 0.282 e. The molecule has 1 saturated heterocycles. The number of nitro groups is 1. The molecule has 0 spiro atoms. The second kappa shape index (κ2) is 6.06. The summed E-state index contributed by atoms with van der Waals surface area (Å²) in [4.78, 5) is 10.7. The van der Waals surface area contributed by atoms with E-state index in [9.17, 15) is 25.4 Å². The van der Waals surface area contributed by atoms with Crippen molar-refractivity contribution < 1.29 is 25.0 Å². The molecule has 1 aromatic carbocycles. The Bertz CT molecular complexity index is 499. The van der Waals surface area contributed by atoms with Crippen LogP contribution in [0.4, 0.5) is 5.69 Å². The van der Waals surface area contributed by atoms with Crippen LogP contribution in [0.2, 0.25) is 0 Å². The second-order valence-electron chi connectivity index (χ2n) is 4.52. The number of benzene rings is 1. The molecule has 20 heavy (non-hydrogen) atoms. The number of ether oxygens (including phenoxy) is 1. The minimum atomic E-state index is -1.35. The van der Waals surface area contributed by atoms with Gasteiger partial charge < -0.3 is 20.1 Å². The molecule has 0 saturated carbocycles. The molecule has 1 heterocycles. The third kappa shape index (κ3) is 2.94. The first-order valence-electron chi connectivity index (χ1n) is 6.01. The van der Waals surface area contributed by atoms with Gasteiger partial charge in [-0.05, 0) is 13.0 Å². The highest BCUT2D eigenvalue weighted by molar-refractivity contribution is 8.00. The molecular formula is C12H15NO6S. The van der Waals surface area contributed by atoms with Crippen molar-refractivity contribution in [1.29, 1.82) is 0 Å². The Hall–Kier alpha value is -1.19. The first kappa shape index (κ1) is 15.2. The molecule has 7 nitrogen and oxygen atoms in total. The number of hydrogen-bond donors (Lipinski definition) is 3. The zero-order valence-electron chi connectivity index (χ0n) is 10.6. The maximum absolute atomic E-state index is 10.9. The van der Waals surface area contributed by atoms with Crippen LogP contribution in [0.15, 0.2) is 29.2 Å². The van der Waals surface area contributed by atoms with Crippen molar-refractivity contribution in [3.63, 3.8) is 0 Å². The first-order chi connectivity index (χ1) is 9.41. The Labute approximate surface area is 119 Å². The van der Waals surface area contributed by atoms with E-state index in [-0.39, 0.29) is 5.69 Å². The molecular weight excluding hydrogens is 286 g/mol. The Balaban J connectivity index is 2.20. The number of nitrogens with zero attached hydrogens (tertiary/aromatic N) is 1.